The van der Waals surface area contributed by atoms with Gasteiger partial charge in [-0.05, 0) is 57.9 Å². The van der Waals surface area contributed by atoms with Crippen molar-refractivity contribution in [2.45, 2.75) is 128 Å². The molecule has 14 heteroatoms. The first-order valence-electron chi connectivity index (χ1n) is 18.4. The summed E-state index contributed by atoms with van der Waals surface area (Å²) in [5.41, 5.74) is 2.90. The Balaban J connectivity index is 1.49. The molecule has 286 valence electrons. The number of aromatic amines is 1. The first-order chi connectivity index (χ1) is 24.7. The smallest absolute Gasteiger partial charge is 0.461 e. The van der Waals surface area contributed by atoms with Gasteiger partial charge in [-0.3, -0.25) is 4.79 Å². The standard InChI is InChI=1S/C38H56N2O10Si2/c1-23(2)51(24(3)4)45-22-33-35(49-52(50-51,25(5)6)26(7)8)34(42)36(48-38(43)44-21-28-13-11-10-12-14-28)37(47-33)46-30-15-16-32-31(19-30)29(20-40-32)17-18-39-27(9)41/h10-16,19-20,23-26,33-37,40,42H,17-18,21-22H2,1-9H3,(H,39,41)/t33-,34+,35-,36-,37-/m1/s1. The Morgan fingerprint density at radius 2 is 1.63 bits per heavy atom. The summed E-state index contributed by atoms with van der Waals surface area (Å²) in [4.78, 5) is 28.0. The van der Waals surface area contributed by atoms with Crippen molar-refractivity contribution in [2.24, 2.45) is 0 Å². The fraction of sp³-hybridized carbons (Fsp3) is 0.579. The molecule has 0 unspecified atom stereocenters. The average Bonchev–Trinajstić information content (AvgIpc) is 3.48. The average molecular weight is 757 g/mol. The number of hydrogen-bond acceptors (Lipinski definition) is 10. The van der Waals surface area contributed by atoms with Gasteiger partial charge in [0.1, 0.15) is 30.7 Å². The fourth-order valence-corrected chi connectivity index (χ4v) is 18.6. The van der Waals surface area contributed by atoms with Crippen molar-refractivity contribution < 1.29 is 46.6 Å². The van der Waals surface area contributed by atoms with Crippen LogP contribution in [0.2, 0.25) is 22.2 Å². The van der Waals surface area contributed by atoms with Gasteiger partial charge in [0.25, 0.3) is 0 Å². The number of aromatic nitrogens is 1. The van der Waals surface area contributed by atoms with Gasteiger partial charge in [0, 0.05) is 30.6 Å². The van der Waals surface area contributed by atoms with Crippen molar-refractivity contribution in [3.8, 4) is 5.75 Å². The third kappa shape index (κ3) is 8.59. The van der Waals surface area contributed by atoms with Gasteiger partial charge >= 0.3 is 23.3 Å². The molecule has 2 fully saturated rings. The summed E-state index contributed by atoms with van der Waals surface area (Å²) < 4.78 is 45.8. The van der Waals surface area contributed by atoms with Crippen LogP contribution in [-0.2, 0) is 45.0 Å². The molecule has 2 saturated heterocycles. The van der Waals surface area contributed by atoms with E-state index in [-0.39, 0.29) is 41.3 Å². The lowest BCUT2D eigenvalue weighted by Gasteiger charge is -2.54. The highest BCUT2D eigenvalue weighted by Crippen LogP contribution is 2.47. The zero-order chi connectivity index (χ0) is 37.8. The van der Waals surface area contributed by atoms with E-state index in [2.05, 4.69) is 65.7 Å². The fourth-order valence-electron chi connectivity index (χ4n) is 7.34. The van der Waals surface area contributed by atoms with Gasteiger partial charge in [-0.25, -0.2) is 4.79 Å². The molecule has 52 heavy (non-hydrogen) atoms. The van der Waals surface area contributed by atoms with Crippen molar-refractivity contribution in [3.05, 3.63) is 65.9 Å². The highest BCUT2D eigenvalue weighted by Gasteiger charge is 2.62. The molecule has 3 aromatic rings. The first-order valence-corrected chi connectivity index (χ1v) is 22.3. The molecule has 1 amide bonds. The molecular formula is C38H56N2O10Si2. The van der Waals surface area contributed by atoms with Crippen LogP contribution in [0.1, 0.15) is 73.4 Å². The third-order valence-electron chi connectivity index (χ3n) is 10.1. The van der Waals surface area contributed by atoms with Gasteiger partial charge < -0.3 is 47.3 Å². The third-order valence-corrected chi connectivity index (χ3v) is 20.4. The predicted molar refractivity (Wildman–Crippen MR) is 201 cm³/mol. The van der Waals surface area contributed by atoms with Crippen molar-refractivity contribution in [2.75, 3.05) is 13.2 Å². The quantitative estimate of drug-likeness (QED) is 0.131. The van der Waals surface area contributed by atoms with E-state index in [1.54, 1.807) is 6.07 Å². The van der Waals surface area contributed by atoms with Gasteiger partial charge in [-0.15, -0.1) is 0 Å². The number of amides is 1. The topological polar surface area (TPSA) is 147 Å². The number of nitrogens with one attached hydrogen (secondary N) is 2. The van der Waals surface area contributed by atoms with Crippen LogP contribution in [0.25, 0.3) is 10.9 Å². The number of rotatable bonds is 12. The van der Waals surface area contributed by atoms with Gasteiger partial charge in [-0.1, -0.05) is 85.7 Å². The minimum Gasteiger partial charge on any atom is -0.461 e. The summed E-state index contributed by atoms with van der Waals surface area (Å²) in [7, 11) is -6.06. The lowest BCUT2D eigenvalue weighted by molar-refractivity contribution is -0.279. The van der Waals surface area contributed by atoms with E-state index in [9.17, 15) is 14.7 Å². The molecule has 5 atom stereocenters. The van der Waals surface area contributed by atoms with E-state index in [4.69, 9.17) is 31.9 Å². The van der Waals surface area contributed by atoms with Crippen LogP contribution in [0.3, 0.4) is 0 Å². The van der Waals surface area contributed by atoms with E-state index in [1.807, 2.05) is 48.7 Å². The number of benzene rings is 2. The number of ether oxygens (including phenoxy) is 4. The molecule has 0 bridgehead atoms. The summed E-state index contributed by atoms with van der Waals surface area (Å²) in [5, 5.41) is 15.9. The zero-order valence-corrected chi connectivity index (χ0v) is 33.8. The molecule has 1 aromatic heterocycles. The molecule has 2 aliphatic rings. The van der Waals surface area contributed by atoms with Gasteiger partial charge in [0.05, 0.1) is 6.61 Å². The van der Waals surface area contributed by atoms with Gasteiger partial charge in [0.2, 0.25) is 12.2 Å². The van der Waals surface area contributed by atoms with Gasteiger partial charge in [0.15, 0.2) is 6.10 Å². The molecule has 0 saturated carbocycles. The largest absolute Gasteiger partial charge is 0.509 e. The maximum absolute atomic E-state index is 13.2. The number of H-pyrrole nitrogens is 1. The Morgan fingerprint density at radius 3 is 2.27 bits per heavy atom. The second-order valence-electron chi connectivity index (χ2n) is 15.1. The van der Waals surface area contributed by atoms with Crippen LogP contribution < -0.4 is 10.1 Å². The van der Waals surface area contributed by atoms with Crippen molar-refractivity contribution in [1.29, 1.82) is 0 Å². The second kappa shape index (κ2) is 16.8. The molecule has 2 aromatic carbocycles. The van der Waals surface area contributed by atoms with E-state index in [1.165, 1.54) is 6.92 Å². The number of aliphatic hydroxyl groups is 1. The lowest BCUT2D eigenvalue weighted by atomic mass is 9.99. The molecule has 3 N–H and O–H groups in total. The summed E-state index contributed by atoms with van der Waals surface area (Å²) in [6, 6.07) is 14.8. The second-order valence-corrected chi connectivity index (χ2v) is 23.9. The zero-order valence-electron chi connectivity index (χ0n) is 31.8. The molecule has 5 rings (SSSR count). The van der Waals surface area contributed by atoms with Gasteiger partial charge in [-0.2, -0.15) is 0 Å². The van der Waals surface area contributed by atoms with Crippen LogP contribution >= 0.6 is 0 Å². The van der Waals surface area contributed by atoms with Crippen LogP contribution in [0.5, 0.6) is 5.75 Å². The van der Waals surface area contributed by atoms with E-state index >= 15 is 0 Å². The number of hydrogen-bond donors (Lipinski definition) is 3. The summed E-state index contributed by atoms with van der Waals surface area (Å²) in [5.74, 6) is 0.340. The number of carbonyl (C=O) groups is 2. The van der Waals surface area contributed by atoms with Crippen molar-refractivity contribution >= 4 is 40.1 Å². The molecule has 0 aliphatic carbocycles. The summed E-state index contributed by atoms with van der Waals surface area (Å²) in [6.45, 7) is 19.0. The molecule has 3 heterocycles. The number of fused-ring (bicyclic) bond motifs is 2. The maximum Gasteiger partial charge on any atom is 0.509 e. The summed E-state index contributed by atoms with van der Waals surface area (Å²) >= 11 is 0. The Bertz CT molecular complexity index is 1630. The van der Waals surface area contributed by atoms with Crippen LogP contribution in [0.15, 0.2) is 54.7 Å². The highest BCUT2D eigenvalue weighted by atomic mass is 28.5. The SMILES string of the molecule is CC(=O)NCCc1c[nH]c2ccc(O[C@@H]3O[C@@H]4CO[Si](C(C)C)(C(C)C)O[Si](C(C)C)(C(C)C)O[C@H]4[C@H](O)[C@H]3OC(=O)OCc3ccccc3)cc12. The normalized spacial score (nSPS) is 24.4. The maximum atomic E-state index is 13.2. The minimum absolute atomic E-state index is 0.00326. The van der Waals surface area contributed by atoms with Crippen molar-refractivity contribution in [1.82, 2.24) is 10.3 Å². The minimum atomic E-state index is -3.15. The number of aliphatic hydroxyl groups excluding tert-OH is 1. The predicted octanol–water partition coefficient (Wildman–Crippen LogP) is 6.99. The van der Waals surface area contributed by atoms with E-state index < -0.39 is 54.0 Å². The van der Waals surface area contributed by atoms with E-state index in [0.29, 0.717) is 18.7 Å². The van der Waals surface area contributed by atoms with Crippen LogP contribution in [0, 0.1) is 0 Å². The Labute approximate surface area is 309 Å². The first kappa shape index (κ1) is 39.9. The molecule has 0 spiro atoms. The highest BCUT2D eigenvalue weighted by molar-refractivity contribution is 6.84. The van der Waals surface area contributed by atoms with Crippen molar-refractivity contribution in [3.63, 3.8) is 0 Å². The Kier molecular flexibility index (Phi) is 12.9. The monoisotopic (exact) mass is 756 g/mol. The van der Waals surface area contributed by atoms with Crippen LogP contribution in [0.4, 0.5) is 4.79 Å². The summed E-state index contributed by atoms with van der Waals surface area (Å²) in [6.07, 6.45) is -4.11. The Hall–Kier alpha value is -3.25. The molecule has 2 aliphatic heterocycles. The van der Waals surface area contributed by atoms with E-state index in [0.717, 1.165) is 22.0 Å². The molecular weight excluding hydrogens is 701 g/mol. The Morgan fingerprint density at radius 1 is 0.962 bits per heavy atom. The van der Waals surface area contributed by atoms with Crippen LogP contribution in [-0.4, -0.2) is 83.1 Å². The lowest BCUT2D eigenvalue weighted by Crippen LogP contribution is -2.70. The molecule has 0 radical (unpaired) electrons. The molecule has 12 nitrogen and oxygen atoms in total. The number of carbonyl (C=O) groups excluding carboxylic acids is 2.